The van der Waals surface area contributed by atoms with Gasteiger partial charge in [0.15, 0.2) is 0 Å². The van der Waals surface area contributed by atoms with Crippen LogP contribution in [0.4, 0.5) is 0 Å². The third-order valence-corrected chi connectivity index (χ3v) is 5.49. The number of nitrogens with zero attached hydrogens (tertiary/aromatic N) is 1. The Bertz CT molecular complexity index is 330. The van der Waals surface area contributed by atoms with Crippen molar-refractivity contribution in [1.82, 2.24) is 9.62 Å². The largest absolute Gasteiger partial charge is 0.303 e. The first-order chi connectivity index (χ1) is 9.05. The van der Waals surface area contributed by atoms with E-state index in [4.69, 9.17) is 11.6 Å². The maximum atomic E-state index is 11.6. The van der Waals surface area contributed by atoms with Gasteiger partial charge >= 0.3 is 0 Å². The highest BCUT2D eigenvalue weighted by Crippen LogP contribution is 2.21. The summed E-state index contributed by atoms with van der Waals surface area (Å²) in [6.07, 6.45) is 7.99. The molecule has 4 nitrogen and oxygen atoms in total. The van der Waals surface area contributed by atoms with Crippen molar-refractivity contribution in [3.63, 3.8) is 0 Å². The van der Waals surface area contributed by atoms with Crippen LogP contribution in [0.2, 0.25) is 0 Å². The van der Waals surface area contributed by atoms with Crippen molar-refractivity contribution < 1.29 is 8.42 Å². The highest BCUT2D eigenvalue weighted by atomic mass is 35.5. The van der Waals surface area contributed by atoms with Crippen LogP contribution >= 0.6 is 11.6 Å². The van der Waals surface area contributed by atoms with Crippen LogP contribution in [0.25, 0.3) is 0 Å². The summed E-state index contributed by atoms with van der Waals surface area (Å²) in [7, 11) is -0.969. The summed E-state index contributed by atoms with van der Waals surface area (Å²) in [6.45, 7) is 1.49. The quantitative estimate of drug-likeness (QED) is 0.524. The second kappa shape index (κ2) is 9.16. The summed E-state index contributed by atoms with van der Waals surface area (Å²) in [5.41, 5.74) is 0. The Hall–Kier alpha value is 0.160. The van der Waals surface area contributed by atoms with Gasteiger partial charge in [0.25, 0.3) is 0 Å². The highest BCUT2D eigenvalue weighted by molar-refractivity contribution is 7.89. The maximum absolute atomic E-state index is 11.6. The summed E-state index contributed by atoms with van der Waals surface area (Å²) in [6, 6.07) is 0.696. The lowest BCUT2D eigenvalue weighted by Crippen LogP contribution is -2.36. The molecule has 0 aromatic heterocycles. The number of sulfonamides is 1. The number of alkyl halides is 1. The van der Waals surface area contributed by atoms with Gasteiger partial charge in [-0.15, -0.1) is 11.6 Å². The molecule has 0 aliphatic heterocycles. The number of hydrogen-bond acceptors (Lipinski definition) is 3. The van der Waals surface area contributed by atoms with Gasteiger partial charge < -0.3 is 4.90 Å². The lowest BCUT2D eigenvalue weighted by atomic mass is 9.94. The van der Waals surface area contributed by atoms with Gasteiger partial charge in [-0.3, -0.25) is 0 Å². The van der Waals surface area contributed by atoms with Gasteiger partial charge in [-0.2, -0.15) is 0 Å². The Labute approximate surface area is 122 Å². The van der Waals surface area contributed by atoms with Crippen LogP contribution in [-0.4, -0.2) is 51.1 Å². The van der Waals surface area contributed by atoms with E-state index in [-0.39, 0.29) is 5.75 Å². The van der Waals surface area contributed by atoms with E-state index in [1.54, 1.807) is 0 Å². The summed E-state index contributed by atoms with van der Waals surface area (Å²) in [4.78, 5) is 2.38. The van der Waals surface area contributed by atoms with Gasteiger partial charge in [0.1, 0.15) is 0 Å². The molecule has 19 heavy (non-hydrogen) atoms. The molecule has 114 valence electrons. The molecule has 1 aliphatic carbocycles. The smallest absolute Gasteiger partial charge is 0.211 e. The average molecular weight is 311 g/mol. The van der Waals surface area contributed by atoms with Crippen LogP contribution in [-0.2, 0) is 10.0 Å². The van der Waals surface area contributed by atoms with E-state index in [1.807, 2.05) is 0 Å². The number of halogens is 1. The number of rotatable bonds is 9. The molecule has 0 atom stereocenters. The maximum Gasteiger partial charge on any atom is 0.211 e. The first kappa shape index (κ1) is 17.2. The average Bonchev–Trinajstić information content (AvgIpc) is 2.42. The molecular weight excluding hydrogens is 284 g/mol. The Morgan fingerprint density at radius 1 is 1.21 bits per heavy atom. The molecule has 0 aromatic rings. The Balaban J connectivity index is 2.12. The predicted molar refractivity (Wildman–Crippen MR) is 81.2 cm³/mol. The minimum atomic E-state index is -3.12. The molecule has 0 unspecified atom stereocenters. The molecule has 0 aromatic carbocycles. The second-order valence-corrected chi connectivity index (χ2v) is 7.69. The Morgan fingerprint density at radius 3 is 2.53 bits per heavy atom. The van der Waals surface area contributed by atoms with E-state index < -0.39 is 10.0 Å². The molecule has 0 radical (unpaired) electrons. The van der Waals surface area contributed by atoms with Crippen molar-refractivity contribution in [1.29, 1.82) is 0 Å². The van der Waals surface area contributed by atoms with Crippen LogP contribution in [0.5, 0.6) is 0 Å². The number of hydrogen-bond donors (Lipinski definition) is 1. The molecule has 0 heterocycles. The van der Waals surface area contributed by atoms with Crippen LogP contribution < -0.4 is 4.72 Å². The fraction of sp³-hybridized carbons (Fsp3) is 1.00. The first-order valence-corrected chi connectivity index (χ1v) is 9.47. The minimum absolute atomic E-state index is 0.134. The van der Waals surface area contributed by atoms with E-state index in [0.29, 0.717) is 24.9 Å². The first-order valence-electron chi connectivity index (χ1n) is 7.29. The molecule has 0 spiro atoms. The zero-order valence-electron chi connectivity index (χ0n) is 11.9. The standard InChI is InChI=1S/C13H27ClN2O2S/c1-16(13-7-3-2-4-8-13)11-6-10-15-19(17,18)12-5-9-14/h13,15H,2-12H2,1H3. The molecule has 1 rings (SSSR count). The molecule has 0 bridgehead atoms. The Morgan fingerprint density at radius 2 is 1.89 bits per heavy atom. The lowest BCUT2D eigenvalue weighted by Gasteiger charge is -2.31. The predicted octanol–water partition coefficient (Wildman–Crippen LogP) is 2.19. The van der Waals surface area contributed by atoms with Gasteiger partial charge in [-0.1, -0.05) is 19.3 Å². The second-order valence-electron chi connectivity index (χ2n) is 5.38. The van der Waals surface area contributed by atoms with Gasteiger partial charge in [0.05, 0.1) is 5.75 Å². The molecule has 1 fully saturated rings. The summed E-state index contributed by atoms with van der Waals surface area (Å²) >= 11 is 5.50. The van der Waals surface area contributed by atoms with Gasteiger partial charge in [0, 0.05) is 18.5 Å². The fourth-order valence-corrected chi connectivity index (χ4v) is 3.99. The monoisotopic (exact) mass is 310 g/mol. The topological polar surface area (TPSA) is 49.4 Å². The van der Waals surface area contributed by atoms with Crippen molar-refractivity contribution in [2.75, 3.05) is 31.8 Å². The van der Waals surface area contributed by atoms with E-state index in [9.17, 15) is 8.42 Å². The van der Waals surface area contributed by atoms with Crippen LogP contribution in [0.3, 0.4) is 0 Å². The van der Waals surface area contributed by atoms with Crippen molar-refractivity contribution >= 4 is 21.6 Å². The highest BCUT2D eigenvalue weighted by Gasteiger charge is 2.17. The molecule has 1 N–H and O–H groups in total. The Kier molecular flexibility index (Phi) is 8.30. The summed E-state index contributed by atoms with van der Waals surface area (Å²) < 4.78 is 25.7. The van der Waals surface area contributed by atoms with Crippen molar-refractivity contribution in [2.24, 2.45) is 0 Å². The summed E-state index contributed by atoms with van der Waals surface area (Å²) in [5, 5.41) is 0. The van der Waals surface area contributed by atoms with Crippen molar-refractivity contribution in [2.45, 2.75) is 51.0 Å². The van der Waals surface area contributed by atoms with Gasteiger partial charge in [0.2, 0.25) is 10.0 Å². The van der Waals surface area contributed by atoms with Crippen molar-refractivity contribution in [3.8, 4) is 0 Å². The van der Waals surface area contributed by atoms with E-state index in [0.717, 1.165) is 13.0 Å². The zero-order chi connectivity index (χ0) is 14.1. The fourth-order valence-electron chi connectivity index (χ4n) is 2.58. The summed E-state index contributed by atoms with van der Waals surface area (Å²) in [5.74, 6) is 0.528. The molecule has 1 saturated carbocycles. The van der Waals surface area contributed by atoms with Crippen LogP contribution in [0.15, 0.2) is 0 Å². The van der Waals surface area contributed by atoms with E-state index in [2.05, 4.69) is 16.7 Å². The van der Waals surface area contributed by atoms with Gasteiger partial charge in [-0.05, 0) is 39.3 Å². The molecule has 6 heteroatoms. The number of nitrogens with one attached hydrogen (secondary N) is 1. The zero-order valence-corrected chi connectivity index (χ0v) is 13.5. The minimum Gasteiger partial charge on any atom is -0.303 e. The third kappa shape index (κ3) is 7.49. The van der Waals surface area contributed by atoms with Crippen LogP contribution in [0, 0.1) is 0 Å². The normalized spacial score (nSPS) is 18.1. The van der Waals surface area contributed by atoms with E-state index >= 15 is 0 Å². The molecule has 0 saturated heterocycles. The van der Waals surface area contributed by atoms with Crippen LogP contribution in [0.1, 0.15) is 44.9 Å². The van der Waals surface area contributed by atoms with E-state index in [1.165, 1.54) is 32.1 Å². The molecule has 1 aliphatic rings. The lowest BCUT2D eigenvalue weighted by molar-refractivity contribution is 0.190. The van der Waals surface area contributed by atoms with Crippen molar-refractivity contribution in [3.05, 3.63) is 0 Å². The molecular formula is C13H27ClN2O2S. The SMILES string of the molecule is CN(CCCNS(=O)(=O)CCCCl)C1CCCCC1. The molecule has 0 amide bonds. The van der Waals surface area contributed by atoms with Gasteiger partial charge in [-0.25, -0.2) is 13.1 Å². The third-order valence-electron chi connectivity index (χ3n) is 3.75.